The molecule has 148 valence electrons. The lowest BCUT2D eigenvalue weighted by Crippen LogP contribution is -2.46. The van der Waals surface area contributed by atoms with Crippen LogP contribution in [0.15, 0.2) is 4.99 Å². The van der Waals surface area contributed by atoms with Gasteiger partial charge in [0.1, 0.15) is 6.54 Å². The Balaban J connectivity index is 1.87. The average molecular weight is 384 g/mol. The van der Waals surface area contributed by atoms with Gasteiger partial charge >= 0.3 is 0 Å². The van der Waals surface area contributed by atoms with Crippen LogP contribution in [0.3, 0.4) is 0 Å². The van der Waals surface area contributed by atoms with Crippen LogP contribution in [0.25, 0.3) is 0 Å². The number of thioether (sulfide) groups is 1. The molecule has 7 nitrogen and oxygen atoms in total. The second-order valence-electron chi connectivity index (χ2n) is 7.27. The van der Waals surface area contributed by atoms with Crippen molar-refractivity contribution < 1.29 is 9.59 Å². The second-order valence-corrected chi connectivity index (χ2v) is 8.25. The van der Waals surface area contributed by atoms with E-state index in [-0.39, 0.29) is 24.4 Å². The molecule has 2 amide bonds. The minimum absolute atomic E-state index is 0.0274. The summed E-state index contributed by atoms with van der Waals surface area (Å²) in [6.45, 7) is 2.45. The number of nitrogens with one attached hydrogen (secondary N) is 2. The van der Waals surface area contributed by atoms with Gasteiger partial charge < -0.3 is 20.4 Å². The lowest BCUT2D eigenvalue weighted by Gasteiger charge is -2.21. The third kappa shape index (κ3) is 6.37. The topological polar surface area (TPSA) is 77.0 Å². The van der Waals surface area contributed by atoms with Crippen LogP contribution in [-0.2, 0) is 9.59 Å². The second kappa shape index (κ2) is 10.6. The number of rotatable bonds is 7. The summed E-state index contributed by atoms with van der Waals surface area (Å²) >= 11 is 1.76. The number of nitrogens with zero attached hydrogens (tertiary/aromatic N) is 3. The number of amides is 2. The van der Waals surface area contributed by atoms with Gasteiger partial charge in [0, 0.05) is 51.4 Å². The minimum atomic E-state index is -0.0274. The number of hydrogen-bond acceptors (Lipinski definition) is 4. The monoisotopic (exact) mass is 383 g/mol. The smallest absolute Gasteiger partial charge is 0.243 e. The number of hydrogen-bond donors (Lipinski definition) is 2. The molecule has 8 heteroatoms. The standard InChI is InChI=1S/C18H33N5O2S/c1-22(2)16(24)12-20-18(19-9-11-26-3)21-15-8-10-23(13-15)17(25)14-6-4-5-7-14/h14-15H,4-13H2,1-3H3,(H2,19,20,21). The summed E-state index contributed by atoms with van der Waals surface area (Å²) in [4.78, 5) is 32.3. The summed E-state index contributed by atoms with van der Waals surface area (Å²) in [7, 11) is 3.46. The lowest BCUT2D eigenvalue weighted by molar-refractivity contribution is -0.134. The minimum Gasteiger partial charge on any atom is -0.356 e. The molecule has 1 saturated carbocycles. The van der Waals surface area contributed by atoms with Gasteiger partial charge in [0.25, 0.3) is 0 Å². The van der Waals surface area contributed by atoms with Crippen molar-refractivity contribution in [3.8, 4) is 0 Å². The molecule has 0 bridgehead atoms. The maximum Gasteiger partial charge on any atom is 0.243 e. The van der Waals surface area contributed by atoms with E-state index in [0.717, 1.165) is 44.6 Å². The van der Waals surface area contributed by atoms with E-state index in [9.17, 15) is 9.59 Å². The quantitative estimate of drug-likeness (QED) is 0.386. The molecular formula is C18H33N5O2S. The average Bonchev–Trinajstić information content (AvgIpc) is 3.30. The van der Waals surface area contributed by atoms with Gasteiger partial charge in [-0.15, -0.1) is 0 Å². The Morgan fingerprint density at radius 1 is 1.23 bits per heavy atom. The molecule has 1 heterocycles. The molecule has 0 aromatic heterocycles. The Morgan fingerprint density at radius 3 is 2.62 bits per heavy atom. The van der Waals surface area contributed by atoms with Crippen molar-refractivity contribution >= 4 is 29.5 Å². The summed E-state index contributed by atoms with van der Waals surface area (Å²) in [6, 6.07) is 0.190. The highest BCUT2D eigenvalue weighted by Crippen LogP contribution is 2.27. The fourth-order valence-electron chi connectivity index (χ4n) is 3.41. The first-order valence-electron chi connectivity index (χ1n) is 9.54. The van der Waals surface area contributed by atoms with Crippen LogP contribution in [0.4, 0.5) is 0 Å². The van der Waals surface area contributed by atoms with E-state index in [1.54, 1.807) is 30.8 Å². The molecular weight excluding hydrogens is 350 g/mol. The molecule has 1 aliphatic carbocycles. The molecule has 0 aromatic rings. The van der Waals surface area contributed by atoms with Crippen LogP contribution >= 0.6 is 11.8 Å². The third-order valence-electron chi connectivity index (χ3n) is 5.02. The first-order valence-corrected chi connectivity index (χ1v) is 10.9. The van der Waals surface area contributed by atoms with Crippen molar-refractivity contribution in [1.82, 2.24) is 20.4 Å². The predicted octanol–water partition coefficient (Wildman–Crippen LogP) is 0.764. The zero-order chi connectivity index (χ0) is 18.9. The Bertz CT molecular complexity index is 506. The van der Waals surface area contributed by atoms with Gasteiger partial charge in [0.15, 0.2) is 5.96 Å². The largest absolute Gasteiger partial charge is 0.356 e. The van der Waals surface area contributed by atoms with Gasteiger partial charge in [-0.2, -0.15) is 11.8 Å². The highest BCUT2D eigenvalue weighted by Gasteiger charge is 2.32. The van der Waals surface area contributed by atoms with Crippen molar-refractivity contribution in [2.24, 2.45) is 10.9 Å². The van der Waals surface area contributed by atoms with Crippen LogP contribution in [0.5, 0.6) is 0 Å². The Labute approximate surface area is 161 Å². The molecule has 2 fully saturated rings. The first-order chi connectivity index (χ1) is 12.5. The van der Waals surface area contributed by atoms with Crippen LogP contribution < -0.4 is 10.6 Å². The molecule has 1 saturated heterocycles. The van der Waals surface area contributed by atoms with E-state index < -0.39 is 0 Å². The summed E-state index contributed by atoms with van der Waals surface area (Å²) < 4.78 is 0. The number of aliphatic imine (C=N–C) groups is 1. The van der Waals surface area contributed by atoms with E-state index >= 15 is 0 Å². The third-order valence-corrected chi connectivity index (χ3v) is 5.63. The molecule has 0 radical (unpaired) electrons. The van der Waals surface area contributed by atoms with Crippen molar-refractivity contribution in [3.05, 3.63) is 0 Å². The zero-order valence-corrected chi connectivity index (χ0v) is 17.1. The van der Waals surface area contributed by atoms with Gasteiger partial charge in [-0.25, -0.2) is 4.99 Å². The van der Waals surface area contributed by atoms with Gasteiger partial charge in [-0.3, -0.25) is 9.59 Å². The van der Waals surface area contributed by atoms with Crippen LogP contribution in [0.1, 0.15) is 32.1 Å². The SMILES string of the molecule is CSCCNC(=NCC(=O)N(C)C)NC1CCN(C(=O)C2CCCC2)C1. The number of likely N-dealkylation sites (N-methyl/N-ethyl adjacent to an activating group) is 1. The molecule has 0 aromatic carbocycles. The molecule has 1 aliphatic heterocycles. The summed E-state index contributed by atoms with van der Waals surface area (Å²) in [5.74, 6) is 2.16. The number of guanidine groups is 1. The fourth-order valence-corrected chi connectivity index (χ4v) is 3.72. The normalized spacial score (nSPS) is 21.1. The van der Waals surface area contributed by atoms with Gasteiger partial charge in [-0.1, -0.05) is 12.8 Å². The Kier molecular flexibility index (Phi) is 8.54. The van der Waals surface area contributed by atoms with E-state index in [0.29, 0.717) is 11.9 Å². The summed E-state index contributed by atoms with van der Waals surface area (Å²) in [6.07, 6.45) is 7.43. The van der Waals surface area contributed by atoms with Crippen LogP contribution in [0, 0.1) is 5.92 Å². The maximum atomic E-state index is 12.6. The van der Waals surface area contributed by atoms with Crippen molar-refractivity contribution in [1.29, 1.82) is 0 Å². The molecule has 2 N–H and O–H groups in total. The van der Waals surface area contributed by atoms with E-state index in [1.807, 2.05) is 4.90 Å². The molecule has 2 aliphatic rings. The predicted molar refractivity (Wildman–Crippen MR) is 107 cm³/mol. The summed E-state index contributed by atoms with van der Waals surface area (Å²) in [5.41, 5.74) is 0. The molecule has 26 heavy (non-hydrogen) atoms. The number of carbonyl (C=O) groups is 2. The maximum absolute atomic E-state index is 12.6. The van der Waals surface area contributed by atoms with Gasteiger partial charge in [0.05, 0.1) is 0 Å². The Morgan fingerprint density at radius 2 is 1.96 bits per heavy atom. The molecule has 1 unspecified atom stereocenters. The van der Waals surface area contributed by atoms with Crippen LogP contribution in [-0.4, -0.2) is 85.9 Å². The van der Waals surface area contributed by atoms with Crippen molar-refractivity contribution in [3.63, 3.8) is 0 Å². The lowest BCUT2D eigenvalue weighted by atomic mass is 10.1. The number of carbonyl (C=O) groups excluding carboxylic acids is 2. The van der Waals surface area contributed by atoms with Crippen LogP contribution in [0.2, 0.25) is 0 Å². The first kappa shape index (κ1) is 20.9. The fraction of sp³-hybridized carbons (Fsp3) is 0.833. The van der Waals surface area contributed by atoms with Crippen molar-refractivity contribution in [2.75, 3.05) is 52.3 Å². The van der Waals surface area contributed by atoms with Gasteiger partial charge in [-0.05, 0) is 25.5 Å². The zero-order valence-electron chi connectivity index (χ0n) is 16.3. The van der Waals surface area contributed by atoms with Crippen molar-refractivity contribution in [2.45, 2.75) is 38.1 Å². The molecule has 2 rings (SSSR count). The molecule has 0 spiro atoms. The van der Waals surface area contributed by atoms with Gasteiger partial charge in [0.2, 0.25) is 11.8 Å². The summed E-state index contributed by atoms with van der Waals surface area (Å²) in [5, 5.41) is 6.69. The number of likely N-dealkylation sites (tertiary alicyclic amines) is 1. The van der Waals surface area contributed by atoms with E-state index in [1.165, 1.54) is 12.8 Å². The highest BCUT2D eigenvalue weighted by atomic mass is 32.2. The highest BCUT2D eigenvalue weighted by molar-refractivity contribution is 7.98. The molecule has 1 atom stereocenters. The van der Waals surface area contributed by atoms with E-state index in [2.05, 4.69) is 21.9 Å². The Hall–Kier alpha value is -1.44. The van der Waals surface area contributed by atoms with E-state index in [4.69, 9.17) is 0 Å².